The van der Waals surface area contributed by atoms with Crippen molar-refractivity contribution in [3.05, 3.63) is 76.7 Å². The zero-order valence-electron chi connectivity index (χ0n) is 13.1. The molecule has 0 amide bonds. The molecule has 0 radical (unpaired) electrons. The minimum absolute atomic E-state index is 0.637. The monoisotopic (exact) mass is 292 g/mol. The summed E-state index contributed by atoms with van der Waals surface area (Å²) in [4.78, 5) is 4.60. The van der Waals surface area contributed by atoms with Gasteiger partial charge in [-0.05, 0) is 43.5 Å². The van der Waals surface area contributed by atoms with Gasteiger partial charge in [-0.25, -0.2) is 4.98 Å². The molecule has 0 aliphatic carbocycles. The van der Waals surface area contributed by atoms with Gasteiger partial charge in [-0.1, -0.05) is 42.5 Å². The molecule has 3 aromatic rings. The van der Waals surface area contributed by atoms with Crippen LogP contribution in [0.5, 0.6) is 0 Å². The Labute approximate surface area is 130 Å². The maximum Gasteiger partial charge on any atom is 0.140 e. The highest BCUT2D eigenvalue weighted by molar-refractivity contribution is 5.56. The lowest BCUT2D eigenvalue weighted by molar-refractivity contribution is 0.229. The largest absolute Gasteiger partial charge is 0.384 e. The predicted molar refractivity (Wildman–Crippen MR) is 89.8 cm³/mol. The van der Waals surface area contributed by atoms with E-state index in [2.05, 4.69) is 16.3 Å². The van der Waals surface area contributed by atoms with E-state index in [1.165, 1.54) is 0 Å². The molecule has 0 saturated carbocycles. The third-order valence-corrected chi connectivity index (χ3v) is 4.15. The van der Waals surface area contributed by atoms with E-state index >= 15 is 0 Å². The number of aromatic nitrogens is 2. The number of aliphatic hydroxyl groups is 1. The van der Waals surface area contributed by atoms with Gasteiger partial charge in [0.05, 0.1) is 11.8 Å². The van der Waals surface area contributed by atoms with E-state index in [1.807, 2.05) is 68.6 Å². The molecule has 2 heterocycles. The molecule has 1 N–H and O–H groups in total. The molecule has 0 bridgehead atoms. The van der Waals surface area contributed by atoms with Crippen LogP contribution < -0.4 is 0 Å². The fourth-order valence-electron chi connectivity index (χ4n) is 2.67. The van der Waals surface area contributed by atoms with Crippen LogP contribution in [-0.2, 0) is 0 Å². The SMILES string of the molecule is Cc1nc2c(C)c(C(O)/C=C/c3ccccc3)ccn2c1C. The van der Waals surface area contributed by atoms with Crippen molar-refractivity contribution in [2.75, 3.05) is 0 Å². The van der Waals surface area contributed by atoms with Gasteiger partial charge in [0.15, 0.2) is 0 Å². The third-order valence-electron chi connectivity index (χ3n) is 4.15. The van der Waals surface area contributed by atoms with Gasteiger partial charge < -0.3 is 9.51 Å². The number of hydrogen-bond acceptors (Lipinski definition) is 2. The van der Waals surface area contributed by atoms with Crippen LogP contribution >= 0.6 is 0 Å². The summed E-state index contributed by atoms with van der Waals surface area (Å²) in [5.74, 6) is 0. The number of benzene rings is 1. The van der Waals surface area contributed by atoms with Crippen LogP contribution in [0.2, 0.25) is 0 Å². The highest BCUT2D eigenvalue weighted by Gasteiger charge is 2.13. The van der Waals surface area contributed by atoms with Crippen molar-refractivity contribution < 1.29 is 5.11 Å². The first kappa shape index (κ1) is 14.5. The Balaban J connectivity index is 1.96. The molecule has 1 atom stereocenters. The number of hydrogen-bond donors (Lipinski definition) is 1. The minimum Gasteiger partial charge on any atom is -0.384 e. The van der Waals surface area contributed by atoms with Crippen molar-refractivity contribution >= 4 is 11.7 Å². The molecule has 3 nitrogen and oxygen atoms in total. The van der Waals surface area contributed by atoms with E-state index in [-0.39, 0.29) is 0 Å². The maximum absolute atomic E-state index is 10.5. The maximum atomic E-state index is 10.5. The average Bonchev–Trinajstić information content (AvgIpc) is 2.83. The van der Waals surface area contributed by atoms with Gasteiger partial charge >= 0.3 is 0 Å². The second-order valence-electron chi connectivity index (χ2n) is 5.59. The van der Waals surface area contributed by atoms with Gasteiger partial charge in [0.1, 0.15) is 5.65 Å². The van der Waals surface area contributed by atoms with Crippen LogP contribution in [0, 0.1) is 20.8 Å². The molecule has 22 heavy (non-hydrogen) atoms. The van der Waals surface area contributed by atoms with Crippen LogP contribution in [0.1, 0.15) is 34.2 Å². The van der Waals surface area contributed by atoms with Crippen LogP contribution in [0.25, 0.3) is 11.7 Å². The van der Waals surface area contributed by atoms with E-state index in [9.17, 15) is 5.11 Å². The standard InChI is InChI=1S/C19H20N2O/c1-13-17(11-12-21-15(3)14(2)20-19(13)21)18(22)10-9-16-7-5-4-6-8-16/h4-12,18,22H,1-3H3/b10-9+. The minimum atomic E-state index is -0.637. The summed E-state index contributed by atoms with van der Waals surface area (Å²) < 4.78 is 2.07. The lowest BCUT2D eigenvalue weighted by Crippen LogP contribution is -2.00. The lowest BCUT2D eigenvalue weighted by Gasteiger charge is -2.11. The molecule has 0 spiro atoms. The van der Waals surface area contributed by atoms with E-state index in [1.54, 1.807) is 0 Å². The summed E-state index contributed by atoms with van der Waals surface area (Å²) >= 11 is 0. The molecule has 112 valence electrons. The quantitative estimate of drug-likeness (QED) is 0.792. The molecule has 2 aromatic heterocycles. The van der Waals surface area contributed by atoms with Crippen molar-refractivity contribution in [1.29, 1.82) is 0 Å². The Morgan fingerprint density at radius 3 is 2.55 bits per heavy atom. The number of aryl methyl sites for hydroxylation is 3. The molecule has 1 aromatic carbocycles. The topological polar surface area (TPSA) is 37.5 Å². The first-order valence-electron chi connectivity index (χ1n) is 7.44. The highest BCUT2D eigenvalue weighted by atomic mass is 16.3. The fraction of sp³-hybridized carbons (Fsp3) is 0.211. The van der Waals surface area contributed by atoms with Crippen LogP contribution in [-0.4, -0.2) is 14.5 Å². The highest BCUT2D eigenvalue weighted by Crippen LogP contribution is 2.24. The summed E-state index contributed by atoms with van der Waals surface area (Å²) in [5, 5.41) is 10.5. The normalized spacial score (nSPS) is 13.1. The Morgan fingerprint density at radius 1 is 1.09 bits per heavy atom. The number of fused-ring (bicyclic) bond motifs is 1. The van der Waals surface area contributed by atoms with Crippen molar-refractivity contribution in [3.8, 4) is 0 Å². The van der Waals surface area contributed by atoms with Crippen LogP contribution in [0.15, 0.2) is 48.7 Å². The summed E-state index contributed by atoms with van der Waals surface area (Å²) in [7, 11) is 0. The Kier molecular flexibility index (Phi) is 3.82. The Bertz CT molecular complexity index is 832. The average molecular weight is 292 g/mol. The Hall–Kier alpha value is -2.39. The molecule has 3 rings (SSSR count). The second kappa shape index (κ2) is 5.78. The number of nitrogens with zero attached hydrogens (tertiary/aromatic N) is 2. The number of imidazole rings is 1. The first-order chi connectivity index (χ1) is 10.6. The molecule has 0 saturated heterocycles. The van der Waals surface area contributed by atoms with E-state index in [0.717, 1.165) is 33.7 Å². The van der Waals surface area contributed by atoms with E-state index in [0.29, 0.717) is 0 Å². The summed E-state index contributed by atoms with van der Waals surface area (Å²) in [6, 6.07) is 11.9. The van der Waals surface area contributed by atoms with Crippen molar-refractivity contribution in [2.45, 2.75) is 26.9 Å². The summed E-state index contributed by atoms with van der Waals surface area (Å²) in [6.07, 6.45) is 5.10. The molecular weight excluding hydrogens is 272 g/mol. The molecular formula is C19H20N2O. The molecule has 0 aliphatic rings. The summed E-state index contributed by atoms with van der Waals surface area (Å²) in [5.41, 5.74) is 6.06. The smallest absolute Gasteiger partial charge is 0.140 e. The third kappa shape index (κ3) is 2.55. The van der Waals surface area contributed by atoms with E-state index < -0.39 is 6.10 Å². The zero-order chi connectivity index (χ0) is 15.7. The first-order valence-corrected chi connectivity index (χ1v) is 7.44. The van der Waals surface area contributed by atoms with Gasteiger partial charge in [-0.3, -0.25) is 0 Å². The van der Waals surface area contributed by atoms with Gasteiger partial charge in [0.2, 0.25) is 0 Å². The fourth-order valence-corrected chi connectivity index (χ4v) is 2.67. The van der Waals surface area contributed by atoms with Gasteiger partial charge in [0.25, 0.3) is 0 Å². The second-order valence-corrected chi connectivity index (χ2v) is 5.59. The molecule has 0 fully saturated rings. The van der Waals surface area contributed by atoms with Gasteiger partial charge in [0, 0.05) is 11.9 Å². The number of aliphatic hydroxyl groups excluding tert-OH is 1. The number of pyridine rings is 1. The molecule has 3 heteroatoms. The van der Waals surface area contributed by atoms with Crippen molar-refractivity contribution in [1.82, 2.24) is 9.38 Å². The number of rotatable bonds is 3. The summed E-state index contributed by atoms with van der Waals surface area (Å²) in [6.45, 7) is 6.07. The zero-order valence-corrected chi connectivity index (χ0v) is 13.1. The predicted octanol–water partition coefficient (Wildman–Crippen LogP) is 4.01. The lowest BCUT2D eigenvalue weighted by atomic mass is 10.0. The van der Waals surface area contributed by atoms with Crippen molar-refractivity contribution in [2.24, 2.45) is 0 Å². The van der Waals surface area contributed by atoms with Gasteiger partial charge in [-0.15, -0.1) is 0 Å². The van der Waals surface area contributed by atoms with Crippen molar-refractivity contribution in [3.63, 3.8) is 0 Å². The molecule has 1 unspecified atom stereocenters. The van der Waals surface area contributed by atoms with Crippen LogP contribution in [0.3, 0.4) is 0 Å². The Morgan fingerprint density at radius 2 is 1.82 bits per heavy atom. The van der Waals surface area contributed by atoms with E-state index in [4.69, 9.17) is 0 Å². The molecule has 0 aliphatic heterocycles. The van der Waals surface area contributed by atoms with Gasteiger partial charge in [-0.2, -0.15) is 0 Å². The van der Waals surface area contributed by atoms with Crippen LogP contribution in [0.4, 0.5) is 0 Å².